The lowest BCUT2D eigenvalue weighted by molar-refractivity contribution is 0.311. The van der Waals surface area contributed by atoms with Crippen LogP contribution in [0.5, 0.6) is 5.75 Å². The average Bonchev–Trinajstić information content (AvgIpc) is 2.19. The van der Waals surface area contributed by atoms with Gasteiger partial charge in [0.2, 0.25) is 0 Å². The average molecular weight is 226 g/mol. The molecule has 0 saturated heterocycles. The van der Waals surface area contributed by atoms with Crippen LogP contribution >= 0.6 is 12.2 Å². The lowest BCUT2D eigenvalue weighted by Crippen LogP contribution is -2.27. The van der Waals surface area contributed by atoms with E-state index in [9.17, 15) is 4.79 Å². The van der Waals surface area contributed by atoms with Gasteiger partial charge in [-0.1, -0.05) is 19.1 Å². The van der Waals surface area contributed by atoms with Crippen LogP contribution < -0.4 is 16.0 Å². The minimum absolute atomic E-state index is 0.196. The Hall–Kier alpha value is -1.36. The van der Waals surface area contributed by atoms with E-state index in [1.54, 1.807) is 18.3 Å². The third-order valence-corrected chi connectivity index (χ3v) is 1.90. The number of hydrogen-bond donors (Lipinski definition) is 1. The first-order valence-corrected chi connectivity index (χ1v) is 5.16. The minimum atomic E-state index is -0.196. The molecule has 4 nitrogen and oxygen atoms in total. The van der Waals surface area contributed by atoms with Crippen LogP contribution in [0.2, 0.25) is 0 Å². The highest BCUT2D eigenvalue weighted by Crippen LogP contribution is 2.02. The van der Waals surface area contributed by atoms with Crippen molar-refractivity contribution in [3.63, 3.8) is 0 Å². The van der Waals surface area contributed by atoms with Crippen LogP contribution in [0, 0.1) is 0 Å². The maximum Gasteiger partial charge on any atom is 0.293 e. The van der Waals surface area contributed by atoms with Crippen LogP contribution in [-0.2, 0) is 6.54 Å². The summed E-state index contributed by atoms with van der Waals surface area (Å²) in [5.41, 5.74) is 5.18. The maximum absolute atomic E-state index is 11.7. The lowest BCUT2D eigenvalue weighted by atomic mass is 10.4. The molecule has 0 unspecified atom stereocenters. The van der Waals surface area contributed by atoms with Crippen molar-refractivity contribution in [3.8, 4) is 5.75 Å². The van der Waals surface area contributed by atoms with Crippen molar-refractivity contribution in [2.45, 2.75) is 19.9 Å². The summed E-state index contributed by atoms with van der Waals surface area (Å²) in [4.78, 5) is 12.0. The van der Waals surface area contributed by atoms with Crippen molar-refractivity contribution in [1.82, 2.24) is 4.57 Å². The first kappa shape index (κ1) is 11.7. The van der Waals surface area contributed by atoms with Gasteiger partial charge in [0.05, 0.1) is 18.1 Å². The Labute approximate surface area is 93.7 Å². The van der Waals surface area contributed by atoms with E-state index in [0.29, 0.717) is 12.4 Å². The molecular weight excluding hydrogens is 212 g/mol. The van der Waals surface area contributed by atoms with Gasteiger partial charge < -0.3 is 15.0 Å². The normalized spacial score (nSPS) is 9.93. The standard InChI is InChI=1S/C10H14N2O2S/c1-2-6-14-8-4-3-5-12(10(8)13)7-9(11)15/h3-5H,2,6-7H2,1H3,(H2,11,15). The third-order valence-electron chi connectivity index (χ3n) is 1.77. The Balaban J connectivity index is 2.90. The number of nitrogens with zero attached hydrogens (tertiary/aromatic N) is 1. The predicted octanol–water partition coefficient (Wildman–Crippen LogP) is 0.923. The zero-order chi connectivity index (χ0) is 11.3. The highest BCUT2D eigenvalue weighted by atomic mass is 32.1. The molecule has 0 aliphatic carbocycles. The van der Waals surface area contributed by atoms with E-state index in [1.165, 1.54) is 4.57 Å². The Morgan fingerprint density at radius 3 is 3.00 bits per heavy atom. The van der Waals surface area contributed by atoms with Gasteiger partial charge in [0.25, 0.3) is 5.56 Å². The second-order valence-corrected chi connectivity index (χ2v) is 3.64. The molecule has 0 fully saturated rings. The molecule has 2 N–H and O–H groups in total. The number of thiocarbonyl (C=S) groups is 1. The number of ether oxygens (including phenoxy) is 1. The van der Waals surface area contributed by atoms with E-state index >= 15 is 0 Å². The van der Waals surface area contributed by atoms with Crippen molar-refractivity contribution in [2.75, 3.05) is 6.61 Å². The van der Waals surface area contributed by atoms with Gasteiger partial charge in [-0.25, -0.2) is 0 Å². The molecule has 15 heavy (non-hydrogen) atoms. The van der Waals surface area contributed by atoms with E-state index in [2.05, 4.69) is 0 Å². The summed E-state index contributed by atoms with van der Waals surface area (Å²) < 4.78 is 6.73. The van der Waals surface area contributed by atoms with Gasteiger partial charge in [0, 0.05) is 6.20 Å². The highest BCUT2D eigenvalue weighted by Gasteiger charge is 2.03. The van der Waals surface area contributed by atoms with Gasteiger partial charge in [0.15, 0.2) is 5.75 Å². The van der Waals surface area contributed by atoms with Gasteiger partial charge in [0.1, 0.15) is 0 Å². The van der Waals surface area contributed by atoms with Crippen LogP contribution in [0.15, 0.2) is 23.1 Å². The summed E-state index contributed by atoms with van der Waals surface area (Å²) >= 11 is 4.75. The summed E-state index contributed by atoms with van der Waals surface area (Å²) in [5, 5.41) is 0. The number of aromatic nitrogens is 1. The van der Waals surface area contributed by atoms with Gasteiger partial charge in [-0.3, -0.25) is 4.79 Å². The smallest absolute Gasteiger partial charge is 0.293 e. The van der Waals surface area contributed by atoms with Gasteiger partial charge in [-0.05, 0) is 18.6 Å². The van der Waals surface area contributed by atoms with Crippen LogP contribution in [0.4, 0.5) is 0 Å². The molecule has 0 aliphatic heterocycles. The molecule has 0 amide bonds. The van der Waals surface area contributed by atoms with E-state index in [4.69, 9.17) is 22.7 Å². The van der Waals surface area contributed by atoms with Crippen LogP contribution in [0.3, 0.4) is 0 Å². The SMILES string of the molecule is CCCOc1cccn(CC(N)=S)c1=O. The fourth-order valence-electron chi connectivity index (χ4n) is 1.13. The summed E-state index contributed by atoms with van der Waals surface area (Å²) in [6, 6.07) is 3.39. The Morgan fingerprint density at radius 1 is 1.67 bits per heavy atom. The van der Waals surface area contributed by atoms with Crippen molar-refractivity contribution < 1.29 is 4.74 Å². The summed E-state index contributed by atoms with van der Waals surface area (Å²) in [6.45, 7) is 2.76. The molecular formula is C10H14N2O2S. The van der Waals surface area contributed by atoms with E-state index in [-0.39, 0.29) is 17.1 Å². The molecule has 1 aromatic rings. The number of rotatable bonds is 5. The molecule has 1 rings (SSSR count). The molecule has 0 aromatic carbocycles. The number of pyridine rings is 1. The van der Waals surface area contributed by atoms with Crippen molar-refractivity contribution >= 4 is 17.2 Å². The second kappa shape index (κ2) is 5.50. The van der Waals surface area contributed by atoms with Crippen molar-refractivity contribution in [3.05, 3.63) is 28.7 Å². The molecule has 1 heterocycles. The Morgan fingerprint density at radius 2 is 2.40 bits per heavy atom. The molecule has 0 saturated carbocycles. The van der Waals surface area contributed by atoms with E-state index in [1.807, 2.05) is 6.92 Å². The molecule has 1 aromatic heterocycles. The fourth-order valence-corrected chi connectivity index (χ4v) is 1.27. The molecule has 0 bridgehead atoms. The molecule has 5 heteroatoms. The largest absolute Gasteiger partial charge is 0.488 e. The van der Waals surface area contributed by atoms with Gasteiger partial charge >= 0.3 is 0 Å². The monoisotopic (exact) mass is 226 g/mol. The van der Waals surface area contributed by atoms with Crippen LogP contribution in [-0.4, -0.2) is 16.2 Å². The highest BCUT2D eigenvalue weighted by molar-refractivity contribution is 7.80. The lowest BCUT2D eigenvalue weighted by Gasteiger charge is -2.07. The van der Waals surface area contributed by atoms with Gasteiger partial charge in [-0.2, -0.15) is 0 Å². The number of nitrogens with two attached hydrogens (primary N) is 1. The zero-order valence-corrected chi connectivity index (χ0v) is 9.42. The van der Waals surface area contributed by atoms with E-state index in [0.717, 1.165) is 6.42 Å². The summed E-state index contributed by atoms with van der Waals surface area (Å²) in [5.74, 6) is 0.343. The maximum atomic E-state index is 11.7. The molecule has 82 valence electrons. The van der Waals surface area contributed by atoms with Gasteiger partial charge in [-0.15, -0.1) is 0 Å². The second-order valence-electron chi connectivity index (χ2n) is 3.12. The van der Waals surface area contributed by atoms with Crippen LogP contribution in [0.25, 0.3) is 0 Å². The third kappa shape index (κ3) is 3.36. The Kier molecular flexibility index (Phi) is 4.30. The minimum Gasteiger partial charge on any atom is -0.488 e. The summed E-state index contributed by atoms with van der Waals surface area (Å²) in [6.07, 6.45) is 2.50. The topological polar surface area (TPSA) is 57.2 Å². The van der Waals surface area contributed by atoms with Crippen molar-refractivity contribution in [1.29, 1.82) is 0 Å². The Bertz CT molecular complexity index is 401. The quantitative estimate of drug-likeness (QED) is 0.759. The van der Waals surface area contributed by atoms with Crippen LogP contribution in [0.1, 0.15) is 13.3 Å². The molecule has 0 spiro atoms. The fraction of sp³-hybridized carbons (Fsp3) is 0.400. The molecule has 0 atom stereocenters. The first-order chi connectivity index (χ1) is 7.15. The predicted molar refractivity (Wildman–Crippen MR) is 63.3 cm³/mol. The van der Waals surface area contributed by atoms with Crippen molar-refractivity contribution in [2.24, 2.45) is 5.73 Å². The molecule has 0 aliphatic rings. The van der Waals surface area contributed by atoms with E-state index < -0.39 is 0 Å². The first-order valence-electron chi connectivity index (χ1n) is 4.75. The number of hydrogen-bond acceptors (Lipinski definition) is 3. The summed E-state index contributed by atoms with van der Waals surface area (Å²) in [7, 11) is 0. The zero-order valence-electron chi connectivity index (χ0n) is 8.60. The molecule has 0 radical (unpaired) electrons.